The van der Waals surface area contributed by atoms with Gasteiger partial charge in [0.15, 0.2) is 0 Å². The standard InChI is InChI=1S/C13H12N4O2/c1-19-12-4-9(2-3-10(12)5-14)7-17-8-11(6-16-17)13(15)18/h2-4,6,8H,7H2,1H3,(H2,15,18). The molecule has 0 bridgehead atoms. The topological polar surface area (TPSA) is 93.9 Å². The molecule has 0 aliphatic carbocycles. The van der Waals surface area contributed by atoms with Crippen molar-refractivity contribution in [1.29, 1.82) is 5.26 Å². The first-order valence-electron chi connectivity index (χ1n) is 5.53. The molecule has 2 N–H and O–H groups in total. The van der Waals surface area contributed by atoms with Gasteiger partial charge in [0.05, 0.1) is 31.0 Å². The number of nitrogens with zero attached hydrogens (tertiary/aromatic N) is 3. The van der Waals surface area contributed by atoms with Crippen LogP contribution in [-0.4, -0.2) is 22.8 Å². The molecule has 0 atom stereocenters. The first kappa shape index (κ1) is 12.6. The van der Waals surface area contributed by atoms with Crippen LogP contribution in [0.5, 0.6) is 5.75 Å². The van der Waals surface area contributed by atoms with Crippen molar-refractivity contribution in [2.24, 2.45) is 5.73 Å². The van der Waals surface area contributed by atoms with Crippen molar-refractivity contribution >= 4 is 5.91 Å². The maximum atomic E-state index is 11.0. The van der Waals surface area contributed by atoms with Crippen LogP contribution in [0.25, 0.3) is 0 Å². The van der Waals surface area contributed by atoms with Crippen LogP contribution < -0.4 is 10.5 Å². The molecule has 2 aromatic rings. The van der Waals surface area contributed by atoms with Crippen LogP contribution in [0.15, 0.2) is 30.6 Å². The Balaban J connectivity index is 2.23. The van der Waals surface area contributed by atoms with Crippen molar-refractivity contribution in [1.82, 2.24) is 9.78 Å². The number of hydrogen-bond acceptors (Lipinski definition) is 4. The van der Waals surface area contributed by atoms with Gasteiger partial charge >= 0.3 is 0 Å². The zero-order valence-electron chi connectivity index (χ0n) is 10.3. The van der Waals surface area contributed by atoms with E-state index in [1.165, 1.54) is 13.3 Å². The molecule has 1 amide bonds. The molecule has 1 aromatic heterocycles. The van der Waals surface area contributed by atoms with Crippen molar-refractivity contribution < 1.29 is 9.53 Å². The maximum absolute atomic E-state index is 11.0. The molecule has 6 nitrogen and oxygen atoms in total. The SMILES string of the molecule is COc1cc(Cn2cc(C(N)=O)cn2)ccc1C#N. The van der Waals surface area contributed by atoms with Crippen LogP contribution in [0.3, 0.4) is 0 Å². The van der Waals surface area contributed by atoms with Crippen molar-refractivity contribution in [3.05, 3.63) is 47.3 Å². The highest BCUT2D eigenvalue weighted by Crippen LogP contribution is 2.19. The highest BCUT2D eigenvalue weighted by atomic mass is 16.5. The zero-order valence-corrected chi connectivity index (χ0v) is 10.3. The third-order valence-corrected chi connectivity index (χ3v) is 2.65. The van der Waals surface area contributed by atoms with E-state index in [0.717, 1.165) is 5.56 Å². The molecule has 0 spiro atoms. The molecule has 2 rings (SSSR count). The largest absolute Gasteiger partial charge is 0.495 e. The summed E-state index contributed by atoms with van der Waals surface area (Å²) in [6.07, 6.45) is 3.00. The lowest BCUT2D eigenvalue weighted by Crippen LogP contribution is -2.09. The molecular weight excluding hydrogens is 244 g/mol. The maximum Gasteiger partial charge on any atom is 0.251 e. The minimum absolute atomic E-state index is 0.362. The number of ether oxygens (including phenoxy) is 1. The first-order valence-corrected chi connectivity index (χ1v) is 5.53. The van der Waals surface area contributed by atoms with Gasteiger partial charge in [-0.1, -0.05) is 6.07 Å². The summed E-state index contributed by atoms with van der Waals surface area (Å²) in [5, 5.41) is 12.9. The second-order valence-electron chi connectivity index (χ2n) is 3.94. The van der Waals surface area contributed by atoms with E-state index >= 15 is 0 Å². The smallest absolute Gasteiger partial charge is 0.251 e. The van der Waals surface area contributed by atoms with Gasteiger partial charge in [0.1, 0.15) is 11.8 Å². The van der Waals surface area contributed by atoms with Crippen LogP contribution in [0.4, 0.5) is 0 Å². The van der Waals surface area contributed by atoms with Gasteiger partial charge in [0.2, 0.25) is 0 Å². The van der Waals surface area contributed by atoms with E-state index in [9.17, 15) is 4.79 Å². The fourth-order valence-electron chi connectivity index (χ4n) is 1.69. The predicted octanol–water partition coefficient (Wildman–Crippen LogP) is 0.911. The van der Waals surface area contributed by atoms with E-state index < -0.39 is 5.91 Å². The van der Waals surface area contributed by atoms with Crippen LogP contribution in [0.2, 0.25) is 0 Å². The van der Waals surface area contributed by atoms with Gasteiger partial charge in [-0.15, -0.1) is 0 Å². The zero-order chi connectivity index (χ0) is 13.8. The molecule has 0 aliphatic heterocycles. The third-order valence-electron chi connectivity index (χ3n) is 2.65. The van der Waals surface area contributed by atoms with Crippen LogP contribution >= 0.6 is 0 Å². The van der Waals surface area contributed by atoms with Gasteiger partial charge in [-0.25, -0.2) is 0 Å². The van der Waals surface area contributed by atoms with E-state index in [0.29, 0.717) is 23.4 Å². The first-order chi connectivity index (χ1) is 9.13. The molecule has 0 saturated carbocycles. The average Bonchev–Trinajstić information content (AvgIpc) is 2.87. The second kappa shape index (κ2) is 5.23. The Hall–Kier alpha value is -2.81. The minimum Gasteiger partial charge on any atom is -0.495 e. The molecule has 96 valence electrons. The monoisotopic (exact) mass is 256 g/mol. The number of carbonyl (C=O) groups excluding carboxylic acids is 1. The summed E-state index contributed by atoms with van der Waals surface area (Å²) in [5.41, 5.74) is 6.91. The lowest BCUT2D eigenvalue weighted by molar-refractivity contribution is 0.1000. The van der Waals surface area contributed by atoms with Crippen molar-refractivity contribution in [3.8, 4) is 11.8 Å². The highest BCUT2D eigenvalue weighted by Gasteiger charge is 2.07. The van der Waals surface area contributed by atoms with E-state index in [1.54, 1.807) is 23.0 Å². The van der Waals surface area contributed by atoms with Crippen molar-refractivity contribution in [2.75, 3.05) is 7.11 Å². The van der Waals surface area contributed by atoms with Gasteiger partial charge in [-0.3, -0.25) is 9.48 Å². The van der Waals surface area contributed by atoms with Crippen molar-refractivity contribution in [3.63, 3.8) is 0 Å². The fourth-order valence-corrected chi connectivity index (χ4v) is 1.69. The number of rotatable bonds is 4. The normalized spacial score (nSPS) is 9.89. The Morgan fingerprint density at radius 2 is 2.37 bits per heavy atom. The molecular formula is C13H12N4O2. The minimum atomic E-state index is -0.511. The molecule has 6 heteroatoms. The average molecular weight is 256 g/mol. The second-order valence-corrected chi connectivity index (χ2v) is 3.94. The molecule has 0 saturated heterocycles. The summed E-state index contributed by atoms with van der Waals surface area (Å²) in [6.45, 7) is 0.468. The van der Waals surface area contributed by atoms with Gasteiger partial charge in [0.25, 0.3) is 5.91 Å². The number of primary amides is 1. The van der Waals surface area contributed by atoms with Gasteiger partial charge in [0, 0.05) is 6.20 Å². The van der Waals surface area contributed by atoms with Crippen molar-refractivity contribution in [2.45, 2.75) is 6.54 Å². The summed E-state index contributed by atoms with van der Waals surface area (Å²) >= 11 is 0. The summed E-state index contributed by atoms with van der Waals surface area (Å²) in [5.74, 6) is 0.00550. The predicted molar refractivity (Wildman–Crippen MR) is 67.6 cm³/mol. The number of methoxy groups -OCH3 is 1. The van der Waals surface area contributed by atoms with Crippen LogP contribution in [0, 0.1) is 11.3 Å². The quantitative estimate of drug-likeness (QED) is 0.879. The Bertz CT molecular complexity index is 655. The Morgan fingerprint density at radius 3 is 2.95 bits per heavy atom. The summed E-state index contributed by atoms with van der Waals surface area (Å²) < 4.78 is 6.73. The Labute approximate surface area is 110 Å². The summed E-state index contributed by atoms with van der Waals surface area (Å²) in [4.78, 5) is 11.0. The molecule has 0 radical (unpaired) electrons. The van der Waals surface area contributed by atoms with E-state index in [2.05, 4.69) is 5.10 Å². The number of aromatic nitrogens is 2. The van der Waals surface area contributed by atoms with E-state index in [4.69, 9.17) is 15.7 Å². The van der Waals surface area contributed by atoms with Gasteiger partial charge in [-0.2, -0.15) is 10.4 Å². The molecule has 0 unspecified atom stereocenters. The summed E-state index contributed by atoms with van der Waals surface area (Å²) in [6, 6.07) is 7.32. The molecule has 19 heavy (non-hydrogen) atoms. The lowest BCUT2D eigenvalue weighted by atomic mass is 10.1. The van der Waals surface area contributed by atoms with Crippen LogP contribution in [-0.2, 0) is 6.54 Å². The number of carbonyl (C=O) groups is 1. The Kier molecular flexibility index (Phi) is 3.48. The summed E-state index contributed by atoms with van der Waals surface area (Å²) in [7, 11) is 1.51. The Morgan fingerprint density at radius 1 is 1.58 bits per heavy atom. The number of hydrogen-bond donors (Lipinski definition) is 1. The fraction of sp³-hybridized carbons (Fsp3) is 0.154. The van der Waals surface area contributed by atoms with E-state index in [-0.39, 0.29) is 0 Å². The molecule has 0 aliphatic rings. The van der Waals surface area contributed by atoms with E-state index in [1.807, 2.05) is 12.1 Å². The number of nitriles is 1. The van der Waals surface area contributed by atoms with Gasteiger partial charge in [-0.05, 0) is 17.7 Å². The third kappa shape index (κ3) is 2.72. The number of nitrogens with two attached hydrogens (primary N) is 1. The molecule has 0 fully saturated rings. The number of benzene rings is 1. The molecule has 1 aromatic carbocycles. The van der Waals surface area contributed by atoms with Crippen LogP contribution in [0.1, 0.15) is 21.5 Å². The highest BCUT2D eigenvalue weighted by molar-refractivity contribution is 5.92. The number of amides is 1. The molecule has 1 heterocycles. The van der Waals surface area contributed by atoms with Gasteiger partial charge < -0.3 is 10.5 Å². The lowest BCUT2D eigenvalue weighted by Gasteiger charge is -2.06.